The number of esters is 1. The number of carbonyl (C=O) groups excluding carboxylic acids is 2. The number of ether oxygens (including phenoxy) is 2. The number of benzene rings is 2. The molecule has 1 saturated heterocycles. The van der Waals surface area contributed by atoms with E-state index in [1.54, 1.807) is 20.8 Å². The van der Waals surface area contributed by atoms with Crippen molar-refractivity contribution in [3.05, 3.63) is 48.0 Å². The van der Waals surface area contributed by atoms with Crippen LogP contribution in [0.3, 0.4) is 0 Å². The molecule has 0 saturated carbocycles. The van der Waals surface area contributed by atoms with Gasteiger partial charge in [0, 0.05) is 0 Å². The lowest BCUT2D eigenvalue weighted by Crippen LogP contribution is -2.45. The summed E-state index contributed by atoms with van der Waals surface area (Å²) in [6, 6.07) is 12.9. The van der Waals surface area contributed by atoms with Crippen molar-refractivity contribution in [3.63, 3.8) is 0 Å². The molecule has 3 rings (SSSR count). The van der Waals surface area contributed by atoms with Gasteiger partial charge in [0.1, 0.15) is 6.10 Å². The van der Waals surface area contributed by atoms with Gasteiger partial charge in [0.25, 0.3) is 0 Å². The van der Waals surface area contributed by atoms with Crippen LogP contribution in [0.1, 0.15) is 39.3 Å². The van der Waals surface area contributed by atoms with Gasteiger partial charge < -0.3 is 9.47 Å². The number of nitrogens with zero attached hydrogens (tertiary/aromatic N) is 1. The Balaban J connectivity index is 1.99. The maximum Gasteiger partial charge on any atom is 0.411 e. The summed E-state index contributed by atoms with van der Waals surface area (Å²) >= 11 is 0. The molecule has 1 heterocycles. The van der Waals surface area contributed by atoms with Crippen LogP contribution < -0.4 is 0 Å². The number of fused-ring (bicyclic) bond motifs is 1. The number of amides is 1. The molecule has 2 aromatic carbocycles. The van der Waals surface area contributed by atoms with Gasteiger partial charge in [-0.05, 0) is 44.0 Å². The Morgan fingerprint density at radius 3 is 2.52 bits per heavy atom. The minimum absolute atomic E-state index is 0.245. The van der Waals surface area contributed by atoms with E-state index in [1.165, 1.54) is 4.90 Å². The van der Waals surface area contributed by atoms with Crippen molar-refractivity contribution in [1.82, 2.24) is 4.90 Å². The Kier molecular flexibility index (Phi) is 4.66. The summed E-state index contributed by atoms with van der Waals surface area (Å²) in [5.74, 6) is -0.430. The second-order valence-electron chi connectivity index (χ2n) is 6.67. The SMILES string of the molecule is CC(C)OC(=O)C1C(C)OC(=O)N1C(C)c1cccc2ccccc12. The molecule has 3 unspecified atom stereocenters. The van der Waals surface area contributed by atoms with Crippen LogP contribution in [0.2, 0.25) is 0 Å². The normalized spacial score (nSPS) is 21.5. The predicted molar refractivity (Wildman–Crippen MR) is 95.2 cm³/mol. The van der Waals surface area contributed by atoms with Gasteiger partial charge in [-0.25, -0.2) is 9.59 Å². The van der Waals surface area contributed by atoms with E-state index >= 15 is 0 Å². The summed E-state index contributed by atoms with van der Waals surface area (Å²) in [4.78, 5) is 26.5. The molecule has 1 amide bonds. The van der Waals surface area contributed by atoms with E-state index in [0.29, 0.717) is 0 Å². The molecular formula is C20H23NO4. The van der Waals surface area contributed by atoms with E-state index < -0.39 is 24.2 Å². The fourth-order valence-electron chi connectivity index (χ4n) is 3.39. The molecule has 1 fully saturated rings. The van der Waals surface area contributed by atoms with Gasteiger partial charge in [-0.2, -0.15) is 0 Å². The van der Waals surface area contributed by atoms with Crippen molar-refractivity contribution in [2.75, 3.05) is 0 Å². The predicted octanol–water partition coefficient (Wildman–Crippen LogP) is 4.06. The average Bonchev–Trinajstić information content (AvgIpc) is 2.87. The third-order valence-corrected chi connectivity index (χ3v) is 4.53. The standard InChI is InChI=1S/C20H23NO4/c1-12(2)24-19(22)18-14(4)25-20(23)21(18)13(3)16-11-7-9-15-8-5-6-10-17(15)16/h5-14,18H,1-4H3. The second-order valence-corrected chi connectivity index (χ2v) is 6.67. The van der Waals surface area contributed by atoms with Gasteiger partial charge in [-0.15, -0.1) is 0 Å². The minimum Gasteiger partial charge on any atom is -0.461 e. The Bertz CT molecular complexity index is 796. The van der Waals surface area contributed by atoms with Crippen molar-refractivity contribution < 1.29 is 19.1 Å². The molecule has 2 aromatic rings. The molecule has 0 spiro atoms. The smallest absolute Gasteiger partial charge is 0.411 e. The van der Waals surface area contributed by atoms with Crippen LogP contribution in [0.15, 0.2) is 42.5 Å². The first kappa shape index (κ1) is 17.3. The molecule has 1 aliphatic heterocycles. The first-order valence-corrected chi connectivity index (χ1v) is 8.57. The highest BCUT2D eigenvalue weighted by molar-refractivity contribution is 5.88. The zero-order valence-electron chi connectivity index (χ0n) is 14.9. The Labute approximate surface area is 147 Å². The van der Waals surface area contributed by atoms with E-state index in [0.717, 1.165) is 16.3 Å². The maximum atomic E-state index is 12.5. The fraction of sp³-hybridized carbons (Fsp3) is 0.400. The third kappa shape index (κ3) is 3.18. The monoisotopic (exact) mass is 341 g/mol. The number of hydrogen-bond acceptors (Lipinski definition) is 4. The van der Waals surface area contributed by atoms with Gasteiger partial charge in [-0.1, -0.05) is 42.5 Å². The molecule has 0 aromatic heterocycles. The molecule has 0 bridgehead atoms. The summed E-state index contributed by atoms with van der Waals surface area (Å²) < 4.78 is 10.7. The molecule has 5 heteroatoms. The van der Waals surface area contributed by atoms with Crippen LogP contribution in [0.4, 0.5) is 4.79 Å². The molecule has 5 nitrogen and oxygen atoms in total. The number of hydrogen-bond donors (Lipinski definition) is 0. The first-order valence-electron chi connectivity index (χ1n) is 8.57. The summed E-state index contributed by atoms with van der Waals surface area (Å²) in [6.07, 6.45) is -1.28. The summed E-state index contributed by atoms with van der Waals surface area (Å²) in [5, 5.41) is 2.15. The van der Waals surface area contributed by atoms with Crippen molar-refractivity contribution in [2.45, 2.75) is 52.0 Å². The lowest BCUT2D eigenvalue weighted by Gasteiger charge is -2.29. The highest BCUT2D eigenvalue weighted by atomic mass is 16.6. The van der Waals surface area contributed by atoms with Crippen molar-refractivity contribution >= 4 is 22.8 Å². The average molecular weight is 341 g/mol. The van der Waals surface area contributed by atoms with Gasteiger partial charge in [0.2, 0.25) is 0 Å². The number of cyclic esters (lactones) is 1. The highest BCUT2D eigenvalue weighted by Gasteiger charge is 2.47. The number of rotatable bonds is 4. The van der Waals surface area contributed by atoms with Gasteiger partial charge in [0.05, 0.1) is 12.1 Å². The molecule has 0 radical (unpaired) electrons. The van der Waals surface area contributed by atoms with Gasteiger partial charge >= 0.3 is 12.1 Å². The third-order valence-electron chi connectivity index (χ3n) is 4.53. The minimum atomic E-state index is -0.746. The number of carbonyl (C=O) groups is 2. The van der Waals surface area contributed by atoms with Crippen LogP contribution >= 0.6 is 0 Å². The Morgan fingerprint density at radius 1 is 1.12 bits per heavy atom. The summed E-state index contributed by atoms with van der Waals surface area (Å²) in [7, 11) is 0. The Hall–Kier alpha value is -2.56. The topological polar surface area (TPSA) is 55.8 Å². The summed E-state index contributed by atoms with van der Waals surface area (Å²) in [6.45, 7) is 7.22. The zero-order valence-corrected chi connectivity index (χ0v) is 14.9. The van der Waals surface area contributed by atoms with Crippen LogP contribution in [-0.2, 0) is 14.3 Å². The summed E-state index contributed by atoms with van der Waals surface area (Å²) in [5.41, 5.74) is 0.978. The molecular weight excluding hydrogens is 318 g/mol. The molecule has 3 atom stereocenters. The van der Waals surface area contributed by atoms with Crippen LogP contribution in [0, 0.1) is 0 Å². The van der Waals surface area contributed by atoms with Crippen molar-refractivity contribution in [2.24, 2.45) is 0 Å². The highest BCUT2D eigenvalue weighted by Crippen LogP contribution is 2.34. The lowest BCUT2D eigenvalue weighted by atomic mass is 9.97. The Morgan fingerprint density at radius 2 is 1.80 bits per heavy atom. The molecule has 132 valence electrons. The van der Waals surface area contributed by atoms with Crippen LogP contribution in [0.25, 0.3) is 10.8 Å². The van der Waals surface area contributed by atoms with E-state index in [4.69, 9.17) is 9.47 Å². The maximum absolute atomic E-state index is 12.5. The second kappa shape index (κ2) is 6.75. The lowest BCUT2D eigenvalue weighted by molar-refractivity contribution is -0.153. The van der Waals surface area contributed by atoms with E-state index in [1.807, 2.05) is 49.4 Å². The van der Waals surface area contributed by atoms with E-state index in [9.17, 15) is 9.59 Å². The van der Waals surface area contributed by atoms with Crippen LogP contribution in [-0.4, -0.2) is 35.2 Å². The van der Waals surface area contributed by atoms with Crippen LogP contribution in [0.5, 0.6) is 0 Å². The molecule has 0 N–H and O–H groups in total. The largest absolute Gasteiger partial charge is 0.461 e. The molecule has 0 aliphatic carbocycles. The molecule has 1 aliphatic rings. The van der Waals surface area contributed by atoms with E-state index in [-0.39, 0.29) is 12.1 Å². The zero-order chi connectivity index (χ0) is 18.1. The van der Waals surface area contributed by atoms with E-state index in [2.05, 4.69) is 0 Å². The first-order chi connectivity index (χ1) is 11.9. The van der Waals surface area contributed by atoms with Gasteiger partial charge in [0.15, 0.2) is 6.04 Å². The quantitative estimate of drug-likeness (QED) is 0.787. The fourth-order valence-corrected chi connectivity index (χ4v) is 3.39. The van der Waals surface area contributed by atoms with Crippen molar-refractivity contribution in [3.8, 4) is 0 Å². The van der Waals surface area contributed by atoms with Gasteiger partial charge in [-0.3, -0.25) is 4.90 Å². The molecule has 25 heavy (non-hydrogen) atoms. The van der Waals surface area contributed by atoms with Crippen molar-refractivity contribution in [1.29, 1.82) is 0 Å².